The molecule has 1 aromatic heterocycles. The van der Waals surface area contributed by atoms with Gasteiger partial charge >= 0.3 is 0 Å². The molecule has 1 heterocycles. The number of nitrogens with zero attached hydrogens (tertiary/aromatic N) is 2. The Hall–Kier alpha value is -0.290. The Labute approximate surface area is 99.7 Å². The molecule has 1 N–H and O–H groups in total. The van der Waals surface area contributed by atoms with Crippen molar-refractivity contribution in [3.63, 3.8) is 0 Å². The summed E-state index contributed by atoms with van der Waals surface area (Å²) in [7, 11) is 0. The molecule has 0 aliphatic heterocycles. The summed E-state index contributed by atoms with van der Waals surface area (Å²) in [5.74, 6) is 4.11. The number of aromatic amines is 1. The van der Waals surface area contributed by atoms with E-state index in [9.17, 15) is 0 Å². The number of thioether (sulfide) groups is 1. The van der Waals surface area contributed by atoms with Gasteiger partial charge in [0, 0.05) is 17.7 Å². The smallest absolute Gasteiger partial charge is 0.195 e. The molecule has 0 bridgehead atoms. The van der Waals surface area contributed by atoms with Crippen LogP contribution in [0.15, 0.2) is 0 Å². The summed E-state index contributed by atoms with van der Waals surface area (Å²) < 4.78 is 2.98. The number of nitrogens with one attached hydrogen (secondary N) is 1. The summed E-state index contributed by atoms with van der Waals surface area (Å²) >= 11 is 7.24. The van der Waals surface area contributed by atoms with Gasteiger partial charge in [0.05, 0.1) is 0 Å². The Balaban J connectivity index is 2.17. The Morgan fingerprint density at radius 2 is 2.40 bits per heavy atom. The van der Waals surface area contributed by atoms with Crippen molar-refractivity contribution in [1.82, 2.24) is 14.8 Å². The third-order valence-corrected chi connectivity index (χ3v) is 4.09. The highest BCUT2D eigenvalue weighted by Crippen LogP contribution is 2.39. The largest absolute Gasteiger partial charge is 0.300 e. The highest BCUT2D eigenvalue weighted by Gasteiger charge is 2.30. The molecule has 0 radical (unpaired) electrons. The quantitative estimate of drug-likeness (QED) is 0.807. The lowest BCUT2D eigenvalue weighted by atomic mass is 10.3. The van der Waals surface area contributed by atoms with E-state index in [-0.39, 0.29) is 0 Å². The van der Waals surface area contributed by atoms with Gasteiger partial charge in [0.15, 0.2) is 4.77 Å². The number of rotatable bonds is 5. The molecule has 5 heteroatoms. The molecule has 0 amide bonds. The van der Waals surface area contributed by atoms with Gasteiger partial charge in [0.25, 0.3) is 0 Å². The van der Waals surface area contributed by atoms with E-state index in [1.807, 2.05) is 11.8 Å². The summed E-state index contributed by atoms with van der Waals surface area (Å²) in [6.07, 6.45) is 2.54. The fraction of sp³-hybridized carbons (Fsp3) is 0.800. The van der Waals surface area contributed by atoms with Crippen molar-refractivity contribution in [1.29, 1.82) is 0 Å². The average Bonchev–Trinajstić information content (AvgIpc) is 2.99. The molecular formula is C10H17N3S2. The Bertz CT molecular complexity index is 378. The third-order valence-electron chi connectivity index (χ3n) is 2.68. The topological polar surface area (TPSA) is 33.6 Å². The highest BCUT2D eigenvalue weighted by atomic mass is 32.2. The maximum absolute atomic E-state index is 5.28. The van der Waals surface area contributed by atoms with Crippen LogP contribution in [-0.4, -0.2) is 26.3 Å². The van der Waals surface area contributed by atoms with E-state index in [0.717, 1.165) is 16.3 Å². The molecule has 1 fully saturated rings. The fourth-order valence-corrected chi connectivity index (χ4v) is 2.78. The minimum absolute atomic E-state index is 0.455. The molecule has 0 aromatic carbocycles. The molecule has 0 spiro atoms. The van der Waals surface area contributed by atoms with E-state index in [2.05, 4.69) is 28.6 Å². The van der Waals surface area contributed by atoms with Crippen molar-refractivity contribution in [2.45, 2.75) is 38.6 Å². The predicted octanol–water partition coefficient (Wildman–Crippen LogP) is 3.13. The van der Waals surface area contributed by atoms with E-state index < -0.39 is 0 Å². The van der Waals surface area contributed by atoms with Crippen LogP contribution in [0.25, 0.3) is 0 Å². The van der Waals surface area contributed by atoms with Crippen molar-refractivity contribution < 1.29 is 0 Å². The third kappa shape index (κ3) is 2.45. The molecule has 1 aliphatic rings. The van der Waals surface area contributed by atoms with Crippen LogP contribution < -0.4 is 0 Å². The predicted molar refractivity (Wildman–Crippen MR) is 67.1 cm³/mol. The molecule has 0 saturated heterocycles. The zero-order valence-electron chi connectivity index (χ0n) is 9.19. The Morgan fingerprint density at radius 1 is 1.67 bits per heavy atom. The highest BCUT2D eigenvalue weighted by molar-refractivity contribution is 7.99. The van der Waals surface area contributed by atoms with Crippen LogP contribution in [-0.2, 0) is 0 Å². The van der Waals surface area contributed by atoms with E-state index >= 15 is 0 Å². The Morgan fingerprint density at radius 3 is 3.00 bits per heavy atom. The first kappa shape index (κ1) is 11.2. The van der Waals surface area contributed by atoms with Gasteiger partial charge in [-0.25, -0.2) is 0 Å². The van der Waals surface area contributed by atoms with Gasteiger partial charge in [0.1, 0.15) is 5.82 Å². The number of hydrogen-bond donors (Lipinski definition) is 1. The summed E-state index contributed by atoms with van der Waals surface area (Å²) in [6.45, 7) is 4.41. The normalized spacial score (nSPS) is 18.0. The molecule has 2 rings (SSSR count). The van der Waals surface area contributed by atoms with E-state index in [0.29, 0.717) is 12.0 Å². The first-order valence-electron chi connectivity index (χ1n) is 5.48. The minimum atomic E-state index is 0.455. The summed E-state index contributed by atoms with van der Waals surface area (Å²) in [5, 5.41) is 7.27. The first-order chi connectivity index (χ1) is 7.24. The lowest BCUT2D eigenvalue weighted by Crippen LogP contribution is -2.11. The van der Waals surface area contributed by atoms with Crippen LogP contribution in [0.2, 0.25) is 0 Å². The average molecular weight is 243 g/mol. The van der Waals surface area contributed by atoms with Crippen molar-refractivity contribution >= 4 is 24.0 Å². The van der Waals surface area contributed by atoms with Crippen LogP contribution in [0.5, 0.6) is 0 Å². The van der Waals surface area contributed by atoms with Crippen LogP contribution in [0, 0.1) is 4.77 Å². The zero-order valence-corrected chi connectivity index (χ0v) is 10.8. The molecule has 1 unspecified atom stereocenters. The number of H-pyrrole nitrogens is 1. The van der Waals surface area contributed by atoms with E-state index in [4.69, 9.17) is 12.2 Å². The van der Waals surface area contributed by atoms with E-state index in [1.54, 1.807) is 0 Å². The second-order valence-corrected chi connectivity index (χ2v) is 5.75. The molecule has 1 atom stereocenters. The molecular weight excluding hydrogens is 226 g/mol. The zero-order chi connectivity index (χ0) is 10.8. The summed E-state index contributed by atoms with van der Waals surface area (Å²) in [5.41, 5.74) is 0. The lowest BCUT2D eigenvalue weighted by molar-refractivity contribution is 0.570. The molecule has 1 aromatic rings. The molecule has 15 heavy (non-hydrogen) atoms. The van der Waals surface area contributed by atoms with Crippen molar-refractivity contribution in [3.8, 4) is 0 Å². The van der Waals surface area contributed by atoms with Gasteiger partial charge in [-0.15, -0.1) is 0 Å². The van der Waals surface area contributed by atoms with Crippen molar-refractivity contribution in [3.05, 3.63) is 10.6 Å². The van der Waals surface area contributed by atoms with Gasteiger partial charge in [-0.2, -0.15) is 16.9 Å². The van der Waals surface area contributed by atoms with Gasteiger partial charge in [-0.3, -0.25) is 5.10 Å². The van der Waals surface area contributed by atoms with Crippen LogP contribution >= 0.6 is 24.0 Å². The second-order valence-electron chi connectivity index (χ2n) is 4.04. The van der Waals surface area contributed by atoms with Gasteiger partial charge < -0.3 is 4.57 Å². The maximum Gasteiger partial charge on any atom is 0.195 e. The molecule has 1 saturated carbocycles. The second kappa shape index (κ2) is 4.70. The van der Waals surface area contributed by atoms with Crippen molar-refractivity contribution in [2.24, 2.45) is 0 Å². The Kier molecular flexibility index (Phi) is 3.51. The van der Waals surface area contributed by atoms with Gasteiger partial charge in [-0.05, 0) is 37.7 Å². The summed E-state index contributed by atoms with van der Waals surface area (Å²) in [6, 6.07) is 0.455. The summed E-state index contributed by atoms with van der Waals surface area (Å²) in [4.78, 5) is 0. The van der Waals surface area contributed by atoms with Crippen LogP contribution in [0.1, 0.15) is 44.5 Å². The molecule has 84 valence electrons. The van der Waals surface area contributed by atoms with Crippen LogP contribution in [0.4, 0.5) is 0 Å². The standard InChI is InChI=1S/C10H17N3S2/c1-3-15-6-7(2)13-9(8-4-5-8)11-12-10(13)14/h7-8H,3-6H2,1-2H3,(H,12,14). The molecule has 1 aliphatic carbocycles. The van der Waals surface area contributed by atoms with E-state index in [1.165, 1.54) is 18.7 Å². The molecule has 3 nitrogen and oxygen atoms in total. The fourth-order valence-electron chi connectivity index (χ4n) is 1.74. The SMILES string of the molecule is CCSCC(C)n1c(C2CC2)n[nH]c1=S. The number of hydrogen-bond acceptors (Lipinski definition) is 3. The maximum atomic E-state index is 5.28. The van der Waals surface area contributed by atoms with Crippen molar-refractivity contribution in [2.75, 3.05) is 11.5 Å². The van der Waals surface area contributed by atoms with Gasteiger partial charge in [-0.1, -0.05) is 6.92 Å². The first-order valence-corrected chi connectivity index (χ1v) is 7.04. The monoisotopic (exact) mass is 243 g/mol. The minimum Gasteiger partial charge on any atom is -0.300 e. The van der Waals surface area contributed by atoms with Gasteiger partial charge in [0.2, 0.25) is 0 Å². The lowest BCUT2D eigenvalue weighted by Gasteiger charge is -2.14. The van der Waals surface area contributed by atoms with Crippen LogP contribution in [0.3, 0.4) is 0 Å². The number of aromatic nitrogens is 3.